The van der Waals surface area contributed by atoms with Crippen molar-refractivity contribution in [1.29, 1.82) is 0 Å². The molecule has 0 saturated carbocycles. The van der Waals surface area contributed by atoms with E-state index in [9.17, 15) is 0 Å². The SMILES string of the molecule is c1nc(C2CCNC2)n2c1NCCC2. The molecule has 4 nitrogen and oxygen atoms in total. The summed E-state index contributed by atoms with van der Waals surface area (Å²) in [4.78, 5) is 4.54. The lowest BCUT2D eigenvalue weighted by Crippen LogP contribution is -2.20. The average Bonchev–Trinajstić information content (AvgIpc) is 2.85. The van der Waals surface area contributed by atoms with Crippen molar-refractivity contribution >= 4 is 5.82 Å². The molecule has 1 unspecified atom stereocenters. The van der Waals surface area contributed by atoms with Gasteiger partial charge in [0.15, 0.2) is 0 Å². The minimum atomic E-state index is 0.628. The summed E-state index contributed by atoms with van der Waals surface area (Å²) in [6, 6.07) is 0. The van der Waals surface area contributed by atoms with Crippen LogP contribution >= 0.6 is 0 Å². The Morgan fingerprint density at radius 3 is 3.29 bits per heavy atom. The van der Waals surface area contributed by atoms with Crippen LogP contribution in [-0.4, -0.2) is 29.2 Å². The molecule has 4 heteroatoms. The summed E-state index contributed by atoms with van der Waals surface area (Å²) in [7, 11) is 0. The van der Waals surface area contributed by atoms with E-state index in [-0.39, 0.29) is 0 Å². The molecule has 1 aromatic heterocycles. The van der Waals surface area contributed by atoms with Crippen LogP contribution in [0.25, 0.3) is 0 Å². The maximum absolute atomic E-state index is 4.54. The van der Waals surface area contributed by atoms with Gasteiger partial charge < -0.3 is 15.2 Å². The Morgan fingerprint density at radius 2 is 2.43 bits per heavy atom. The molecule has 2 aliphatic rings. The van der Waals surface area contributed by atoms with Crippen LogP contribution < -0.4 is 10.6 Å². The molecule has 0 radical (unpaired) electrons. The smallest absolute Gasteiger partial charge is 0.126 e. The van der Waals surface area contributed by atoms with Crippen molar-refractivity contribution in [3.05, 3.63) is 12.0 Å². The second-order valence-corrected chi connectivity index (χ2v) is 4.12. The summed E-state index contributed by atoms with van der Waals surface area (Å²) in [6.07, 6.45) is 4.43. The first-order chi connectivity index (χ1) is 6.95. The zero-order valence-electron chi connectivity index (χ0n) is 8.29. The van der Waals surface area contributed by atoms with Gasteiger partial charge in [0.25, 0.3) is 0 Å². The van der Waals surface area contributed by atoms with Crippen LogP contribution in [0.15, 0.2) is 6.20 Å². The highest BCUT2D eigenvalue weighted by molar-refractivity contribution is 5.37. The van der Waals surface area contributed by atoms with Gasteiger partial charge in [-0.3, -0.25) is 0 Å². The fourth-order valence-electron chi connectivity index (χ4n) is 2.42. The maximum atomic E-state index is 4.54. The maximum Gasteiger partial charge on any atom is 0.126 e. The summed E-state index contributed by atoms with van der Waals surface area (Å²) < 4.78 is 2.35. The van der Waals surface area contributed by atoms with Crippen molar-refractivity contribution < 1.29 is 0 Å². The highest BCUT2D eigenvalue weighted by Crippen LogP contribution is 2.26. The van der Waals surface area contributed by atoms with Crippen molar-refractivity contribution in [3.63, 3.8) is 0 Å². The normalized spacial score (nSPS) is 25.9. The molecule has 0 amide bonds. The van der Waals surface area contributed by atoms with E-state index in [2.05, 4.69) is 20.2 Å². The van der Waals surface area contributed by atoms with Gasteiger partial charge in [-0.1, -0.05) is 0 Å². The predicted octanol–water partition coefficient (Wildman–Crippen LogP) is 0.776. The Labute approximate surface area is 83.7 Å². The van der Waals surface area contributed by atoms with Crippen molar-refractivity contribution in [2.45, 2.75) is 25.3 Å². The van der Waals surface area contributed by atoms with E-state index in [1.54, 1.807) is 0 Å². The molecule has 1 aromatic rings. The molecule has 3 rings (SSSR count). The van der Waals surface area contributed by atoms with Crippen molar-refractivity contribution in [3.8, 4) is 0 Å². The van der Waals surface area contributed by atoms with Crippen LogP contribution in [0, 0.1) is 0 Å². The molecule has 1 saturated heterocycles. The Bertz CT molecular complexity index is 325. The zero-order valence-corrected chi connectivity index (χ0v) is 8.29. The quantitative estimate of drug-likeness (QED) is 0.691. The molecule has 76 valence electrons. The van der Waals surface area contributed by atoms with Gasteiger partial charge >= 0.3 is 0 Å². The third kappa shape index (κ3) is 1.21. The fourth-order valence-corrected chi connectivity index (χ4v) is 2.42. The van der Waals surface area contributed by atoms with E-state index in [4.69, 9.17) is 0 Å². The first-order valence-corrected chi connectivity index (χ1v) is 5.45. The number of hydrogen-bond donors (Lipinski definition) is 2. The van der Waals surface area contributed by atoms with Crippen molar-refractivity contribution in [2.24, 2.45) is 0 Å². The number of imidazole rings is 1. The zero-order chi connectivity index (χ0) is 9.38. The molecule has 2 N–H and O–H groups in total. The van der Waals surface area contributed by atoms with Crippen LogP contribution in [0.3, 0.4) is 0 Å². The predicted molar refractivity (Wildman–Crippen MR) is 55.6 cm³/mol. The van der Waals surface area contributed by atoms with Crippen LogP contribution in [0.5, 0.6) is 0 Å². The lowest BCUT2D eigenvalue weighted by atomic mass is 10.1. The largest absolute Gasteiger partial charge is 0.370 e. The fraction of sp³-hybridized carbons (Fsp3) is 0.700. The third-order valence-electron chi connectivity index (χ3n) is 3.18. The molecule has 0 bridgehead atoms. The molecule has 1 atom stereocenters. The van der Waals surface area contributed by atoms with E-state index in [1.807, 2.05) is 6.20 Å². The first kappa shape index (κ1) is 8.29. The highest BCUT2D eigenvalue weighted by atomic mass is 15.2. The van der Waals surface area contributed by atoms with E-state index in [1.165, 1.54) is 24.5 Å². The van der Waals surface area contributed by atoms with Crippen molar-refractivity contribution in [1.82, 2.24) is 14.9 Å². The second kappa shape index (κ2) is 3.28. The molecular weight excluding hydrogens is 176 g/mol. The molecule has 0 aromatic carbocycles. The molecule has 1 fully saturated rings. The second-order valence-electron chi connectivity index (χ2n) is 4.12. The van der Waals surface area contributed by atoms with Gasteiger partial charge in [-0.25, -0.2) is 4.98 Å². The number of nitrogens with zero attached hydrogens (tertiary/aromatic N) is 2. The van der Waals surface area contributed by atoms with Gasteiger partial charge in [-0.2, -0.15) is 0 Å². The Kier molecular flexibility index (Phi) is 1.94. The highest BCUT2D eigenvalue weighted by Gasteiger charge is 2.23. The van der Waals surface area contributed by atoms with Crippen LogP contribution in [0.2, 0.25) is 0 Å². The van der Waals surface area contributed by atoms with Gasteiger partial charge in [0, 0.05) is 25.6 Å². The monoisotopic (exact) mass is 192 g/mol. The van der Waals surface area contributed by atoms with E-state index in [0.717, 1.165) is 26.2 Å². The first-order valence-electron chi connectivity index (χ1n) is 5.45. The summed E-state index contributed by atoms with van der Waals surface area (Å²) in [5.74, 6) is 3.11. The van der Waals surface area contributed by atoms with Gasteiger partial charge in [0.2, 0.25) is 0 Å². The standard InChI is InChI=1S/C10H16N4/c1-3-12-9-7-13-10(14(9)5-1)8-2-4-11-6-8/h7-8,11-12H,1-6H2. The minimum Gasteiger partial charge on any atom is -0.370 e. The van der Waals surface area contributed by atoms with Gasteiger partial charge in [0.1, 0.15) is 11.6 Å². The molecular formula is C10H16N4. The van der Waals surface area contributed by atoms with Crippen molar-refractivity contribution in [2.75, 3.05) is 25.0 Å². The number of aromatic nitrogens is 2. The summed E-state index contributed by atoms with van der Waals surface area (Å²) in [5.41, 5.74) is 0. The molecule has 14 heavy (non-hydrogen) atoms. The van der Waals surface area contributed by atoms with Gasteiger partial charge in [-0.05, 0) is 19.4 Å². The number of fused-ring (bicyclic) bond motifs is 1. The van der Waals surface area contributed by atoms with Gasteiger partial charge in [-0.15, -0.1) is 0 Å². The average molecular weight is 192 g/mol. The Balaban J connectivity index is 1.93. The lowest BCUT2D eigenvalue weighted by molar-refractivity contribution is 0.565. The van der Waals surface area contributed by atoms with Crippen LogP contribution in [-0.2, 0) is 6.54 Å². The number of nitrogens with one attached hydrogen (secondary N) is 2. The van der Waals surface area contributed by atoms with Crippen LogP contribution in [0.4, 0.5) is 5.82 Å². The third-order valence-corrected chi connectivity index (χ3v) is 3.18. The Hall–Kier alpha value is -1.03. The lowest BCUT2D eigenvalue weighted by Gasteiger charge is -2.20. The Morgan fingerprint density at radius 1 is 1.43 bits per heavy atom. The number of anilines is 1. The summed E-state index contributed by atoms with van der Waals surface area (Å²) >= 11 is 0. The van der Waals surface area contributed by atoms with Crippen LogP contribution in [0.1, 0.15) is 24.6 Å². The van der Waals surface area contributed by atoms with E-state index < -0.39 is 0 Å². The number of hydrogen-bond acceptors (Lipinski definition) is 3. The molecule has 3 heterocycles. The summed E-state index contributed by atoms with van der Waals surface area (Å²) in [5, 5.41) is 6.78. The summed E-state index contributed by atoms with van der Waals surface area (Å²) in [6.45, 7) is 4.46. The van der Waals surface area contributed by atoms with E-state index in [0.29, 0.717) is 5.92 Å². The molecule has 0 aliphatic carbocycles. The molecule has 2 aliphatic heterocycles. The topological polar surface area (TPSA) is 41.9 Å². The van der Waals surface area contributed by atoms with E-state index >= 15 is 0 Å². The minimum absolute atomic E-state index is 0.628. The number of rotatable bonds is 1. The van der Waals surface area contributed by atoms with Gasteiger partial charge in [0.05, 0.1) is 6.20 Å². The molecule has 0 spiro atoms.